The lowest BCUT2D eigenvalue weighted by Crippen LogP contribution is -2.35. The number of hydrogen-bond donors (Lipinski definition) is 2. The van der Waals surface area contributed by atoms with Crippen LogP contribution < -0.4 is 10.6 Å². The van der Waals surface area contributed by atoms with Gasteiger partial charge in [-0.05, 0) is 48.2 Å². The highest BCUT2D eigenvalue weighted by Gasteiger charge is 2.29. The normalized spacial score (nSPS) is 11.1. The first-order valence-corrected chi connectivity index (χ1v) is 7.77. The second-order valence-corrected chi connectivity index (χ2v) is 6.12. The van der Waals surface area contributed by atoms with Crippen LogP contribution in [0.5, 0.6) is 0 Å². The molecule has 0 aliphatic rings. The first kappa shape index (κ1) is 19.1. The molecule has 0 bridgehead atoms. The largest absolute Gasteiger partial charge is 0.446 e. The number of urea groups is 1. The maximum Gasteiger partial charge on any atom is 0.446 e. The van der Waals surface area contributed by atoms with Crippen LogP contribution in [0, 0.1) is 5.82 Å². The van der Waals surface area contributed by atoms with E-state index in [0.717, 1.165) is 18.2 Å². The lowest BCUT2D eigenvalue weighted by Gasteiger charge is -2.09. The van der Waals surface area contributed by atoms with Crippen LogP contribution in [0.25, 0.3) is 0 Å². The Morgan fingerprint density at radius 1 is 1.04 bits per heavy atom. The van der Waals surface area contributed by atoms with E-state index in [-0.39, 0.29) is 27.4 Å². The van der Waals surface area contributed by atoms with Crippen molar-refractivity contribution in [3.63, 3.8) is 0 Å². The van der Waals surface area contributed by atoms with Crippen LogP contribution in [0.15, 0.2) is 47.4 Å². The van der Waals surface area contributed by atoms with E-state index in [1.165, 1.54) is 24.3 Å². The summed E-state index contributed by atoms with van der Waals surface area (Å²) in [5.41, 5.74) is -4.76. The average Bonchev–Trinajstić information content (AvgIpc) is 2.47. The van der Waals surface area contributed by atoms with Crippen LogP contribution in [0.3, 0.4) is 0 Å². The molecule has 0 atom stereocenters. The van der Waals surface area contributed by atoms with E-state index in [4.69, 9.17) is 11.6 Å². The third-order valence-electron chi connectivity index (χ3n) is 2.76. The third-order valence-corrected chi connectivity index (χ3v) is 3.82. The summed E-state index contributed by atoms with van der Waals surface area (Å²) in [7, 11) is 0. The van der Waals surface area contributed by atoms with Gasteiger partial charge in [0.2, 0.25) is 0 Å². The SMILES string of the molecule is O=C(NC(=O)c1c(F)cccc1Cl)Nc1ccc(SC(F)(F)F)cc1. The van der Waals surface area contributed by atoms with Gasteiger partial charge in [0.1, 0.15) is 5.82 Å². The number of imide groups is 1. The minimum Gasteiger partial charge on any atom is -0.308 e. The number of carbonyl (C=O) groups excluding carboxylic acids is 2. The predicted octanol–water partition coefficient (Wildman–Crippen LogP) is 5.05. The van der Waals surface area contributed by atoms with E-state index >= 15 is 0 Å². The highest BCUT2D eigenvalue weighted by Crippen LogP contribution is 2.37. The van der Waals surface area contributed by atoms with Gasteiger partial charge in [-0.1, -0.05) is 17.7 Å². The smallest absolute Gasteiger partial charge is 0.308 e. The lowest BCUT2D eigenvalue weighted by atomic mass is 10.2. The van der Waals surface area contributed by atoms with Crippen molar-refractivity contribution in [3.05, 3.63) is 58.9 Å². The Kier molecular flexibility index (Phi) is 5.91. The van der Waals surface area contributed by atoms with Crippen molar-refractivity contribution < 1.29 is 27.2 Å². The summed E-state index contributed by atoms with van der Waals surface area (Å²) in [6, 6.07) is 7.38. The van der Waals surface area contributed by atoms with Crippen molar-refractivity contribution in [3.8, 4) is 0 Å². The van der Waals surface area contributed by atoms with E-state index in [9.17, 15) is 27.2 Å². The maximum atomic E-state index is 13.6. The van der Waals surface area contributed by atoms with Gasteiger partial charge in [0.15, 0.2) is 0 Å². The Balaban J connectivity index is 1.99. The number of alkyl halides is 3. The van der Waals surface area contributed by atoms with Gasteiger partial charge in [-0.25, -0.2) is 9.18 Å². The summed E-state index contributed by atoms with van der Waals surface area (Å²) in [6.07, 6.45) is 0. The number of amides is 3. The van der Waals surface area contributed by atoms with E-state index in [1.54, 1.807) is 0 Å². The Labute approximate surface area is 148 Å². The zero-order valence-corrected chi connectivity index (χ0v) is 13.7. The molecule has 0 fully saturated rings. The fourth-order valence-electron chi connectivity index (χ4n) is 1.78. The van der Waals surface area contributed by atoms with Gasteiger partial charge >= 0.3 is 11.5 Å². The van der Waals surface area contributed by atoms with Crippen LogP contribution in [-0.4, -0.2) is 17.4 Å². The van der Waals surface area contributed by atoms with Crippen LogP contribution in [-0.2, 0) is 0 Å². The molecule has 0 heterocycles. The van der Waals surface area contributed by atoms with Crippen LogP contribution in [0.1, 0.15) is 10.4 Å². The number of hydrogen-bond acceptors (Lipinski definition) is 3. The van der Waals surface area contributed by atoms with Crippen molar-refractivity contribution in [1.82, 2.24) is 5.32 Å². The summed E-state index contributed by atoms with van der Waals surface area (Å²) < 4.78 is 50.3. The molecule has 25 heavy (non-hydrogen) atoms. The maximum absolute atomic E-state index is 13.6. The Morgan fingerprint density at radius 3 is 2.24 bits per heavy atom. The van der Waals surface area contributed by atoms with Gasteiger partial charge in [-0.3, -0.25) is 10.1 Å². The van der Waals surface area contributed by atoms with Gasteiger partial charge in [0, 0.05) is 10.6 Å². The fraction of sp³-hybridized carbons (Fsp3) is 0.0667. The van der Waals surface area contributed by atoms with Gasteiger partial charge in [0.05, 0.1) is 10.6 Å². The lowest BCUT2D eigenvalue weighted by molar-refractivity contribution is -0.0328. The molecule has 10 heteroatoms. The highest BCUT2D eigenvalue weighted by molar-refractivity contribution is 8.00. The molecule has 0 spiro atoms. The van der Waals surface area contributed by atoms with Crippen molar-refractivity contribution in [2.75, 3.05) is 5.32 Å². The van der Waals surface area contributed by atoms with Crippen molar-refractivity contribution in [1.29, 1.82) is 0 Å². The van der Waals surface area contributed by atoms with Crippen molar-refractivity contribution in [2.45, 2.75) is 10.4 Å². The zero-order valence-electron chi connectivity index (χ0n) is 12.2. The summed E-state index contributed by atoms with van der Waals surface area (Å²) in [5.74, 6) is -1.95. The van der Waals surface area contributed by atoms with Gasteiger partial charge < -0.3 is 5.32 Å². The monoisotopic (exact) mass is 392 g/mol. The van der Waals surface area contributed by atoms with Crippen LogP contribution in [0.2, 0.25) is 5.02 Å². The summed E-state index contributed by atoms with van der Waals surface area (Å²) in [6.45, 7) is 0. The molecule has 0 aliphatic carbocycles. The minimum absolute atomic E-state index is 0.0623. The molecule has 0 aliphatic heterocycles. The standard InChI is InChI=1S/C15H9ClF4N2O2S/c16-10-2-1-3-11(17)12(10)13(23)22-14(24)21-8-4-6-9(7-5-8)25-15(18,19)20/h1-7H,(H2,21,22,23,24). The molecule has 3 amide bonds. The number of anilines is 1. The zero-order chi connectivity index (χ0) is 18.6. The molecular weight excluding hydrogens is 384 g/mol. The average molecular weight is 393 g/mol. The van der Waals surface area contributed by atoms with Crippen LogP contribution >= 0.6 is 23.4 Å². The summed E-state index contributed by atoms with van der Waals surface area (Å²) >= 11 is 5.41. The fourth-order valence-corrected chi connectivity index (χ4v) is 2.57. The molecule has 2 N–H and O–H groups in total. The van der Waals surface area contributed by atoms with Crippen LogP contribution in [0.4, 0.5) is 28.0 Å². The summed E-state index contributed by atoms with van der Waals surface area (Å²) in [5, 5.41) is 3.96. The van der Waals surface area contributed by atoms with E-state index in [2.05, 4.69) is 5.32 Å². The van der Waals surface area contributed by atoms with E-state index in [1.807, 2.05) is 5.32 Å². The number of benzene rings is 2. The molecule has 4 nitrogen and oxygen atoms in total. The number of nitrogens with one attached hydrogen (secondary N) is 2. The first-order valence-electron chi connectivity index (χ1n) is 6.58. The molecule has 2 aromatic carbocycles. The second kappa shape index (κ2) is 7.75. The molecular formula is C15H9ClF4N2O2S. The number of carbonyl (C=O) groups is 2. The van der Waals surface area contributed by atoms with E-state index < -0.39 is 28.8 Å². The molecule has 2 aromatic rings. The van der Waals surface area contributed by atoms with E-state index in [0.29, 0.717) is 0 Å². The molecule has 0 radical (unpaired) electrons. The quantitative estimate of drug-likeness (QED) is 0.567. The summed E-state index contributed by atoms with van der Waals surface area (Å²) in [4.78, 5) is 23.5. The Hall–Kier alpha value is -2.26. The van der Waals surface area contributed by atoms with Crippen molar-refractivity contribution >= 4 is 41.0 Å². The predicted molar refractivity (Wildman–Crippen MR) is 86.2 cm³/mol. The Morgan fingerprint density at radius 2 is 1.68 bits per heavy atom. The van der Waals surface area contributed by atoms with Crippen molar-refractivity contribution in [2.24, 2.45) is 0 Å². The number of thioether (sulfide) groups is 1. The Bertz CT molecular complexity index is 777. The number of rotatable bonds is 3. The molecule has 0 unspecified atom stereocenters. The second-order valence-electron chi connectivity index (χ2n) is 4.58. The van der Waals surface area contributed by atoms with Gasteiger partial charge in [-0.15, -0.1) is 0 Å². The highest BCUT2D eigenvalue weighted by atomic mass is 35.5. The molecule has 0 saturated heterocycles. The molecule has 2 rings (SSSR count). The molecule has 0 aromatic heterocycles. The number of halogens is 5. The third kappa shape index (κ3) is 5.64. The molecule has 0 saturated carbocycles. The van der Waals surface area contributed by atoms with Gasteiger partial charge in [0.25, 0.3) is 5.91 Å². The first-order chi connectivity index (χ1) is 11.7. The topological polar surface area (TPSA) is 58.2 Å². The van der Waals surface area contributed by atoms with Gasteiger partial charge in [-0.2, -0.15) is 13.2 Å². The molecule has 132 valence electrons. The minimum atomic E-state index is -4.42.